The predicted octanol–water partition coefficient (Wildman–Crippen LogP) is 5.03. The van der Waals surface area contributed by atoms with Gasteiger partial charge < -0.3 is 9.64 Å². The first-order valence-corrected chi connectivity index (χ1v) is 8.29. The molecule has 2 aromatic carbocycles. The molecule has 2 aromatic rings. The molecule has 0 amide bonds. The Hall–Kier alpha value is -2.00. The number of nitrogens with zero attached hydrogens (tertiary/aromatic N) is 1. The molecule has 1 aliphatic heterocycles. The van der Waals surface area contributed by atoms with Crippen LogP contribution in [-0.4, -0.2) is 19.4 Å². The Labute approximate surface area is 141 Å². The largest absolute Gasteiger partial charge is 0.496 e. The van der Waals surface area contributed by atoms with E-state index in [2.05, 4.69) is 11.8 Å². The molecule has 0 N–H and O–H groups in total. The van der Waals surface area contributed by atoms with Crippen LogP contribution in [0.4, 0.5) is 11.4 Å². The van der Waals surface area contributed by atoms with E-state index in [0.29, 0.717) is 18.0 Å². The number of benzene rings is 2. The maximum Gasteiger partial charge on any atom is 0.166 e. The molecule has 3 nitrogen and oxygen atoms in total. The molecule has 0 radical (unpaired) electrons. The van der Waals surface area contributed by atoms with Crippen LogP contribution < -0.4 is 9.64 Å². The summed E-state index contributed by atoms with van der Waals surface area (Å²) in [5, 5.41) is 0.706. The molecule has 3 rings (SSSR count). The van der Waals surface area contributed by atoms with E-state index in [1.807, 2.05) is 36.4 Å². The number of carbonyl (C=O) groups excluding carboxylic acids is 1. The fourth-order valence-corrected chi connectivity index (χ4v) is 3.20. The maximum absolute atomic E-state index is 12.4. The second-order valence-corrected chi connectivity index (χ2v) is 6.17. The van der Waals surface area contributed by atoms with Crippen molar-refractivity contribution in [3.05, 3.63) is 52.5 Å². The number of rotatable bonds is 4. The average Bonchev–Trinajstić information content (AvgIpc) is 2.56. The van der Waals surface area contributed by atoms with Crippen molar-refractivity contribution < 1.29 is 9.53 Å². The number of aryl methyl sites for hydroxylation is 1. The Morgan fingerprint density at radius 3 is 2.61 bits per heavy atom. The molecule has 1 heterocycles. The molecule has 0 atom stereocenters. The molecule has 0 spiro atoms. The van der Waals surface area contributed by atoms with Crippen LogP contribution in [0.5, 0.6) is 5.75 Å². The number of halogens is 1. The summed E-state index contributed by atoms with van der Waals surface area (Å²) in [7, 11) is 1.68. The van der Waals surface area contributed by atoms with Crippen molar-refractivity contribution in [2.24, 2.45) is 0 Å². The van der Waals surface area contributed by atoms with Crippen molar-refractivity contribution >= 4 is 28.8 Å². The molecule has 0 saturated carbocycles. The first-order valence-electron chi connectivity index (χ1n) is 7.91. The molecule has 4 heteroatoms. The first-order chi connectivity index (χ1) is 11.1. The minimum atomic E-state index is 0.199. The van der Waals surface area contributed by atoms with Gasteiger partial charge in [-0.25, -0.2) is 0 Å². The molecule has 0 fully saturated rings. The van der Waals surface area contributed by atoms with Gasteiger partial charge in [0.15, 0.2) is 5.78 Å². The van der Waals surface area contributed by atoms with Crippen molar-refractivity contribution in [1.82, 2.24) is 0 Å². The lowest BCUT2D eigenvalue weighted by molar-refractivity contribution is 0.0981. The number of ketones is 1. The van der Waals surface area contributed by atoms with Crippen molar-refractivity contribution in [2.75, 3.05) is 18.6 Å². The van der Waals surface area contributed by atoms with Gasteiger partial charge >= 0.3 is 0 Å². The van der Waals surface area contributed by atoms with Crippen LogP contribution in [0.25, 0.3) is 0 Å². The summed E-state index contributed by atoms with van der Waals surface area (Å²) in [5.74, 6) is 1.05. The highest BCUT2D eigenvalue weighted by Crippen LogP contribution is 2.38. The van der Waals surface area contributed by atoms with E-state index in [0.717, 1.165) is 41.1 Å². The summed E-state index contributed by atoms with van der Waals surface area (Å²) in [6.07, 6.45) is 2.45. The molecule has 1 aliphatic rings. The number of carbonyl (C=O) groups is 1. The lowest BCUT2D eigenvalue weighted by Crippen LogP contribution is -2.28. The van der Waals surface area contributed by atoms with Crippen LogP contribution in [0.1, 0.15) is 35.7 Å². The van der Waals surface area contributed by atoms with Crippen molar-refractivity contribution in [3.63, 3.8) is 0 Å². The van der Waals surface area contributed by atoms with E-state index in [-0.39, 0.29) is 5.78 Å². The molecular formula is C19H20ClNO2. The number of methoxy groups -OCH3 is 1. The van der Waals surface area contributed by atoms with Crippen LogP contribution in [0.15, 0.2) is 36.4 Å². The number of hydrogen-bond acceptors (Lipinski definition) is 3. The van der Waals surface area contributed by atoms with Gasteiger partial charge in [0, 0.05) is 35.3 Å². The number of Topliss-reactive ketones (excluding diaryl/α,β-unsaturated/α-hetero) is 1. The lowest BCUT2D eigenvalue weighted by Gasteiger charge is -2.31. The SMILES string of the molecule is CCCc1cc2c(cc1OC)N(c1ccc(Cl)cc1)CCC2=O. The van der Waals surface area contributed by atoms with Crippen molar-refractivity contribution in [1.29, 1.82) is 0 Å². The quantitative estimate of drug-likeness (QED) is 0.788. The highest BCUT2D eigenvalue weighted by molar-refractivity contribution is 6.30. The zero-order valence-corrected chi connectivity index (χ0v) is 14.2. The Morgan fingerprint density at radius 1 is 1.22 bits per heavy atom. The summed E-state index contributed by atoms with van der Waals surface area (Å²) in [6.45, 7) is 2.80. The summed E-state index contributed by atoms with van der Waals surface area (Å²) < 4.78 is 5.54. The Morgan fingerprint density at radius 2 is 1.96 bits per heavy atom. The smallest absolute Gasteiger partial charge is 0.166 e. The second-order valence-electron chi connectivity index (χ2n) is 5.73. The number of hydrogen-bond donors (Lipinski definition) is 0. The molecule has 120 valence electrons. The Kier molecular flexibility index (Phi) is 4.58. The van der Waals surface area contributed by atoms with Crippen molar-refractivity contribution in [3.8, 4) is 5.75 Å². The van der Waals surface area contributed by atoms with Gasteiger partial charge in [-0.05, 0) is 42.3 Å². The number of fused-ring (bicyclic) bond motifs is 1. The van der Waals surface area contributed by atoms with E-state index in [9.17, 15) is 4.79 Å². The van der Waals surface area contributed by atoms with Gasteiger partial charge in [-0.2, -0.15) is 0 Å². The van der Waals surface area contributed by atoms with E-state index in [1.165, 1.54) is 0 Å². The highest BCUT2D eigenvalue weighted by atomic mass is 35.5. The van der Waals surface area contributed by atoms with E-state index in [4.69, 9.17) is 16.3 Å². The standard InChI is InChI=1S/C19H20ClNO2/c1-3-4-13-11-16-17(12-19(13)23-2)21(10-9-18(16)22)15-7-5-14(20)6-8-15/h5-8,11-12H,3-4,9-10H2,1-2H3. The lowest BCUT2D eigenvalue weighted by atomic mass is 9.95. The summed E-state index contributed by atoms with van der Waals surface area (Å²) in [4.78, 5) is 14.5. The summed E-state index contributed by atoms with van der Waals surface area (Å²) in [5.41, 5.74) is 3.84. The summed E-state index contributed by atoms with van der Waals surface area (Å²) >= 11 is 5.98. The third-order valence-corrected chi connectivity index (χ3v) is 4.46. The first kappa shape index (κ1) is 15.9. The molecule has 0 aromatic heterocycles. The Balaban J connectivity index is 2.10. The van der Waals surface area contributed by atoms with Crippen LogP contribution in [-0.2, 0) is 6.42 Å². The highest BCUT2D eigenvalue weighted by Gasteiger charge is 2.26. The van der Waals surface area contributed by atoms with Crippen LogP contribution >= 0.6 is 11.6 Å². The molecular weight excluding hydrogens is 310 g/mol. The zero-order chi connectivity index (χ0) is 16.4. The topological polar surface area (TPSA) is 29.5 Å². The van der Waals surface area contributed by atoms with E-state index >= 15 is 0 Å². The monoisotopic (exact) mass is 329 g/mol. The normalized spacial score (nSPS) is 13.9. The van der Waals surface area contributed by atoms with Gasteiger partial charge in [-0.1, -0.05) is 24.9 Å². The molecule has 0 aliphatic carbocycles. The molecule has 0 unspecified atom stereocenters. The van der Waals surface area contributed by atoms with E-state index < -0.39 is 0 Å². The number of ether oxygens (including phenoxy) is 1. The molecule has 23 heavy (non-hydrogen) atoms. The molecule has 0 bridgehead atoms. The fraction of sp³-hybridized carbons (Fsp3) is 0.316. The average molecular weight is 330 g/mol. The van der Waals surface area contributed by atoms with Crippen LogP contribution in [0.3, 0.4) is 0 Å². The molecule has 0 saturated heterocycles. The third-order valence-electron chi connectivity index (χ3n) is 4.21. The van der Waals surface area contributed by atoms with Gasteiger partial charge in [0.25, 0.3) is 0 Å². The number of anilines is 2. The van der Waals surface area contributed by atoms with Crippen LogP contribution in [0.2, 0.25) is 5.02 Å². The third kappa shape index (κ3) is 3.06. The maximum atomic E-state index is 12.4. The van der Waals surface area contributed by atoms with Gasteiger partial charge in [-0.15, -0.1) is 0 Å². The minimum absolute atomic E-state index is 0.199. The second kappa shape index (κ2) is 6.63. The Bertz CT molecular complexity index is 725. The van der Waals surface area contributed by atoms with E-state index in [1.54, 1.807) is 7.11 Å². The minimum Gasteiger partial charge on any atom is -0.496 e. The van der Waals surface area contributed by atoms with Gasteiger partial charge in [0.05, 0.1) is 12.8 Å². The van der Waals surface area contributed by atoms with Gasteiger partial charge in [-0.3, -0.25) is 4.79 Å². The van der Waals surface area contributed by atoms with Gasteiger partial charge in [0.2, 0.25) is 0 Å². The summed E-state index contributed by atoms with van der Waals surface area (Å²) in [6, 6.07) is 11.7. The van der Waals surface area contributed by atoms with Gasteiger partial charge in [0.1, 0.15) is 5.75 Å². The van der Waals surface area contributed by atoms with Crippen molar-refractivity contribution in [2.45, 2.75) is 26.2 Å². The predicted molar refractivity (Wildman–Crippen MR) is 94.4 cm³/mol. The fourth-order valence-electron chi connectivity index (χ4n) is 3.07. The zero-order valence-electron chi connectivity index (χ0n) is 13.4. The van der Waals surface area contributed by atoms with Crippen LogP contribution in [0, 0.1) is 0 Å².